The summed E-state index contributed by atoms with van der Waals surface area (Å²) in [6.07, 6.45) is 1.17. The molecule has 2 N–H and O–H groups in total. The van der Waals surface area contributed by atoms with Gasteiger partial charge in [0.1, 0.15) is 18.7 Å². The average Bonchev–Trinajstić information content (AvgIpc) is 3.11. The number of aryl methyl sites for hydroxylation is 2. The predicted octanol–water partition coefficient (Wildman–Crippen LogP) is 1.59. The molecule has 2 aromatic heterocycles. The standard InChI is InChI=1S/C22H28N2O2S/c1-16-8-9-20-18(13-21(25)26-22(20)17(16)2)14-24(11-6-10-23(3)4)15-19-7-5-12-27-19/h5,7-9,12-13H,6,10-11,14-15H2,1-4H3/p+2. The molecule has 0 bridgehead atoms. The fourth-order valence-corrected chi connectivity index (χ4v) is 4.31. The van der Waals surface area contributed by atoms with E-state index in [4.69, 9.17) is 4.42 Å². The Morgan fingerprint density at radius 3 is 2.59 bits per heavy atom. The second kappa shape index (κ2) is 8.83. The van der Waals surface area contributed by atoms with Crippen LogP contribution in [0.1, 0.15) is 28.0 Å². The van der Waals surface area contributed by atoms with Gasteiger partial charge in [-0.2, -0.15) is 0 Å². The zero-order chi connectivity index (χ0) is 19.4. The second-order valence-corrected chi connectivity index (χ2v) is 8.75. The Labute approximate surface area is 165 Å². The zero-order valence-corrected chi connectivity index (χ0v) is 17.5. The van der Waals surface area contributed by atoms with Crippen molar-refractivity contribution in [3.05, 3.63) is 67.7 Å². The van der Waals surface area contributed by atoms with Crippen molar-refractivity contribution in [1.29, 1.82) is 0 Å². The molecule has 2 heterocycles. The molecule has 27 heavy (non-hydrogen) atoms. The molecule has 0 saturated carbocycles. The number of hydrogen-bond donors (Lipinski definition) is 2. The monoisotopic (exact) mass is 386 g/mol. The first-order valence-electron chi connectivity index (χ1n) is 9.62. The molecule has 0 aliphatic rings. The van der Waals surface area contributed by atoms with Crippen molar-refractivity contribution in [2.45, 2.75) is 33.4 Å². The fraction of sp³-hybridized carbons (Fsp3) is 0.409. The molecular formula is C22H30N2O2S+2. The SMILES string of the molecule is Cc1ccc2c(C[NH+](CCC[NH+](C)C)Cc3cccs3)cc(=O)oc2c1C. The van der Waals surface area contributed by atoms with Crippen LogP contribution in [0.3, 0.4) is 0 Å². The molecule has 1 unspecified atom stereocenters. The zero-order valence-electron chi connectivity index (χ0n) is 16.7. The number of thiophene rings is 1. The van der Waals surface area contributed by atoms with E-state index in [-0.39, 0.29) is 5.63 Å². The Hall–Kier alpha value is -1.95. The summed E-state index contributed by atoms with van der Waals surface area (Å²) in [4.78, 5) is 16.5. The molecule has 0 saturated heterocycles. The number of benzene rings is 1. The minimum atomic E-state index is -0.251. The van der Waals surface area contributed by atoms with Crippen molar-refractivity contribution in [2.24, 2.45) is 0 Å². The third-order valence-corrected chi connectivity index (χ3v) is 6.05. The molecule has 0 spiro atoms. The van der Waals surface area contributed by atoms with E-state index in [9.17, 15) is 4.79 Å². The van der Waals surface area contributed by atoms with Crippen LogP contribution in [0.15, 0.2) is 44.9 Å². The van der Waals surface area contributed by atoms with Crippen LogP contribution in [0.5, 0.6) is 0 Å². The molecule has 0 radical (unpaired) electrons. The number of rotatable bonds is 8. The second-order valence-electron chi connectivity index (χ2n) is 7.72. The number of quaternary nitrogens is 2. The summed E-state index contributed by atoms with van der Waals surface area (Å²) in [5.74, 6) is 0. The van der Waals surface area contributed by atoms with Gasteiger partial charge in [-0.3, -0.25) is 0 Å². The van der Waals surface area contributed by atoms with Gasteiger partial charge in [-0.25, -0.2) is 4.79 Å². The summed E-state index contributed by atoms with van der Waals surface area (Å²) in [7, 11) is 4.39. The first kappa shape index (κ1) is 19.8. The highest BCUT2D eigenvalue weighted by molar-refractivity contribution is 7.09. The Morgan fingerprint density at radius 1 is 1.07 bits per heavy atom. The van der Waals surface area contributed by atoms with Gasteiger partial charge >= 0.3 is 5.63 Å². The number of fused-ring (bicyclic) bond motifs is 1. The van der Waals surface area contributed by atoms with Crippen molar-refractivity contribution >= 4 is 22.3 Å². The number of nitrogens with one attached hydrogen (secondary N) is 2. The van der Waals surface area contributed by atoms with Crippen molar-refractivity contribution in [3.63, 3.8) is 0 Å². The predicted molar refractivity (Wildman–Crippen MR) is 112 cm³/mol. The van der Waals surface area contributed by atoms with Crippen LogP contribution in [0, 0.1) is 13.8 Å². The highest BCUT2D eigenvalue weighted by atomic mass is 32.1. The van der Waals surface area contributed by atoms with Crippen LogP contribution in [0.4, 0.5) is 0 Å². The molecule has 144 valence electrons. The first-order chi connectivity index (χ1) is 12.9. The largest absolute Gasteiger partial charge is 0.422 e. The van der Waals surface area contributed by atoms with Gasteiger partial charge in [0.2, 0.25) is 0 Å². The smallest absolute Gasteiger partial charge is 0.336 e. The van der Waals surface area contributed by atoms with Crippen LogP contribution in [-0.2, 0) is 13.1 Å². The van der Waals surface area contributed by atoms with Gasteiger partial charge in [-0.05, 0) is 36.4 Å². The topological polar surface area (TPSA) is 39.1 Å². The van der Waals surface area contributed by atoms with Gasteiger partial charge in [0.05, 0.1) is 32.1 Å². The minimum absolute atomic E-state index is 0.251. The van der Waals surface area contributed by atoms with Crippen molar-refractivity contribution < 1.29 is 14.2 Å². The fourth-order valence-electron chi connectivity index (χ4n) is 3.53. The van der Waals surface area contributed by atoms with Crippen LogP contribution < -0.4 is 15.4 Å². The summed E-state index contributed by atoms with van der Waals surface area (Å²) in [6.45, 7) is 8.16. The molecule has 5 heteroatoms. The lowest BCUT2D eigenvalue weighted by atomic mass is 10.0. The van der Waals surface area contributed by atoms with Crippen LogP contribution in [0.2, 0.25) is 0 Å². The third-order valence-electron chi connectivity index (χ3n) is 5.17. The Bertz CT molecular complexity index is 945. The lowest BCUT2D eigenvalue weighted by molar-refractivity contribution is -0.932. The van der Waals surface area contributed by atoms with Gasteiger partial charge in [-0.15, -0.1) is 11.3 Å². The molecule has 0 fully saturated rings. The van der Waals surface area contributed by atoms with Gasteiger partial charge in [0.25, 0.3) is 0 Å². The van der Waals surface area contributed by atoms with Gasteiger partial charge < -0.3 is 14.2 Å². The van der Waals surface area contributed by atoms with E-state index in [1.54, 1.807) is 17.4 Å². The van der Waals surface area contributed by atoms with Crippen molar-refractivity contribution in [3.8, 4) is 0 Å². The van der Waals surface area contributed by atoms with E-state index < -0.39 is 0 Å². The molecule has 1 atom stereocenters. The molecule has 0 aliphatic heterocycles. The lowest BCUT2D eigenvalue weighted by Gasteiger charge is -2.20. The maximum atomic E-state index is 12.2. The molecule has 1 aromatic carbocycles. The highest BCUT2D eigenvalue weighted by Gasteiger charge is 2.17. The minimum Gasteiger partial charge on any atom is -0.422 e. The molecule has 0 aliphatic carbocycles. The summed E-state index contributed by atoms with van der Waals surface area (Å²) in [5.41, 5.74) is 3.79. The Balaban J connectivity index is 1.90. The maximum Gasteiger partial charge on any atom is 0.336 e. The van der Waals surface area contributed by atoms with E-state index in [0.717, 1.165) is 53.8 Å². The molecule has 3 aromatic rings. The van der Waals surface area contributed by atoms with Gasteiger partial charge in [0.15, 0.2) is 0 Å². The molecule has 4 nitrogen and oxygen atoms in total. The maximum absolute atomic E-state index is 12.2. The lowest BCUT2D eigenvalue weighted by Crippen LogP contribution is -3.11. The Kier molecular flexibility index (Phi) is 6.47. The summed E-state index contributed by atoms with van der Waals surface area (Å²) >= 11 is 1.81. The number of hydrogen-bond acceptors (Lipinski definition) is 3. The third kappa shape index (κ3) is 5.06. The van der Waals surface area contributed by atoms with Crippen LogP contribution in [0.25, 0.3) is 11.0 Å². The van der Waals surface area contributed by atoms with E-state index in [1.165, 1.54) is 21.1 Å². The van der Waals surface area contributed by atoms with Gasteiger partial charge in [0, 0.05) is 23.4 Å². The quantitative estimate of drug-likeness (QED) is 0.577. The normalized spacial score (nSPS) is 12.8. The molecular weight excluding hydrogens is 356 g/mol. The molecule has 3 rings (SSSR count). The molecule has 0 amide bonds. The van der Waals surface area contributed by atoms with Gasteiger partial charge in [-0.1, -0.05) is 18.2 Å². The van der Waals surface area contributed by atoms with Crippen LogP contribution >= 0.6 is 11.3 Å². The van der Waals surface area contributed by atoms with E-state index in [1.807, 2.05) is 6.92 Å². The van der Waals surface area contributed by atoms with Crippen molar-refractivity contribution in [1.82, 2.24) is 0 Å². The summed E-state index contributed by atoms with van der Waals surface area (Å²) < 4.78 is 5.55. The highest BCUT2D eigenvalue weighted by Crippen LogP contribution is 2.22. The van der Waals surface area contributed by atoms with Crippen molar-refractivity contribution in [2.75, 3.05) is 27.2 Å². The summed E-state index contributed by atoms with van der Waals surface area (Å²) in [5, 5.41) is 3.20. The van der Waals surface area contributed by atoms with Crippen LogP contribution in [-0.4, -0.2) is 27.2 Å². The van der Waals surface area contributed by atoms with E-state index in [0.29, 0.717) is 0 Å². The summed E-state index contributed by atoms with van der Waals surface area (Å²) in [6, 6.07) is 10.2. The first-order valence-corrected chi connectivity index (χ1v) is 10.5. The van der Waals surface area contributed by atoms with E-state index in [2.05, 4.69) is 50.7 Å². The Morgan fingerprint density at radius 2 is 1.89 bits per heavy atom. The average molecular weight is 387 g/mol. The van der Waals surface area contributed by atoms with E-state index >= 15 is 0 Å².